The van der Waals surface area contributed by atoms with Crippen LogP contribution in [0.4, 0.5) is 0 Å². The van der Waals surface area contributed by atoms with Crippen LogP contribution in [0.5, 0.6) is 0 Å². The number of fused-ring (bicyclic) bond motifs is 6. The van der Waals surface area contributed by atoms with Crippen molar-refractivity contribution in [2.24, 2.45) is 71.0 Å². The van der Waals surface area contributed by atoms with Crippen LogP contribution in [0.2, 0.25) is 0 Å². The molecule has 5 aliphatic rings. The molecule has 5 rings (SSSR count). The summed E-state index contributed by atoms with van der Waals surface area (Å²) >= 11 is 0. The number of rotatable bonds is 22. The van der Waals surface area contributed by atoms with Crippen LogP contribution < -0.4 is 0 Å². The largest absolute Gasteiger partial charge is 0.299 e. The zero-order valence-corrected chi connectivity index (χ0v) is 32.5. The highest BCUT2D eigenvalue weighted by atomic mass is 16.1. The summed E-state index contributed by atoms with van der Waals surface area (Å²) in [4.78, 5) is 29.4. The third-order valence-corrected chi connectivity index (χ3v) is 15.2. The second kappa shape index (κ2) is 19.8. The van der Waals surface area contributed by atoms with E-state index in [2.05, 4.69) is 27.7 Å². The zero-order chi connectivity index (χ0) is 33.9. The van der Waals surface area contributed by atoms with Crippen molar-refractivity contribution in [3.05, 3.63) is 0 Å². The Bertz CT molecular complexity index is 878. The molecule has 0 aromatic rings. The van der Waals surface area contributed by atoms with Gasteiger partial charge in [-0.3, -0.25) is 9.59 Å². The summed E-state index contributed by atoms with van der Waals surface area (Å²) in [5.41, 5.74) is 0. The maximum atomic E-state index is 14.7. The Kier molecular flexibility index (Phi) is 15.9. The average Bonchev–Trinajstić information content (AvgIpc) is 3.53. The Hall–Kier alpha value is -0.660. The molecule has 0 spiro atoms. The second-order valence-corrected chi connectivity index (χ2v) is 18.7. The van der Waals surface area contributed by atoms with Gasteiger partial charge in [0.25, 0.3) is 0 Å². The van der Waals surface area contributed by atoms with Gasteiger partial charge in [-0.05, 0) is 85.9 Å². The maximum Gasteiger partial charge on any atom is 0.139 e. The van der Waals surface area contributed by atoms with Crippen molar-refractivity contribution in [2.45, 2.75) is 207 Å². The number of Topliss-reactive ketones (excluding diaryl/α,β-unsaturated/α-hetero) is 2. The molecule has 0 radical (unpaired) electrons. The maximum absolute atomic E-state index is 14.7. The standard InChI is InChI=1S/C46H80O2/c1-5-7-9-11-13-15-17-19-21-23-25-37-41-35-29-27-33(3)31-39(35)46(48)44(41)38(26-24-22-20-18-16-14-12-10-8-6-2)42-36-30-28-34(4)32-40(36)45(47)43(37)42/h33-44H,5-32H2,1-4H3. The first-order valence-corrected chi connectivity index (χ1v) is 22.5. The van der Waals surface area contributed by atoms with Crippen molar-refractivity contribution >= 4 is 11.6 Å². The molecule has 0 N–H and O–H groups in total. The molecule has 0 aromatic heterocycles. The molecule has 0 amide bonds. The van der Waals surface area contributed by atoms with Crippen molar-refractivity contribution in [2.75, 3.05) is 0 Å². The van der Waals surface area contributed by atoms with Crippen LogP contribution >= 0.6 is 0 Å². The van der Waals surface area contributed by atoms with E-state index in [0.29, 0.717) is 70.7 Å². The van der Waals surface area contributed by atoms with Gasteiger partial charge in [-0.2, -0.15) is 0 Å². The van der Waals surface area contributed by atoms with E-state index in [-0.39, 0.29) is 11.8 Å². The number of hydrogen-bond donors (Lipinski definition) is 0. The molecule has 0 aliphatic heterocycles. The first kappa shape index (κ1) is 38.6. The lowest BCUT2D eigenvalue weighted by Gasteiger charge is -2.50. The fourth-order valence-electron chi connectivity index (χ4n) is 12.9. The van der Waals surface area contributed by atoms with Gasteiger partial charge in [0.05, 0.1) is 0 Å². The fraction of sp³-hybridized carbons (Fsp3) is 0.957. The normalized spacial score (nSPS) is 37.3. The van der Waals surface area contributed by atoms with Crippen LogP contribution in [0.25, 0.3) is 0 Å². The molecule has 0 bridgehead atoms. The lowest BCUT2D eigenvalue weighted by Crippen LogP contribution is -2.48. The molecule has 12 atom stereocenters. The summed E-state index contributed by atoms with van der Waals surface area (Å²) in [6, 6.07) is 0. The molecule has 0 saturated heterocycles. The highest BCUT2D eigenvalue weighted by molar-refractivity contribution is 5.90. The van der Waals surface area contributed by atoms with Crippen molar-refractivity contribution in [3.8, 4) is 0 Å². The van der Waals surface area contributed by atoms with E-state index >= 15 is 0 Å². The molecule has 5 fully saturated rings. The van der Waals surface area contributed by atoms with Gasteiger partial charge >= 0.3 is 0 Å². The average molecular weight is 665 g/mol. The molecule has 5 aliphatic carbocycles. The SMILES string of the molecule is CCCCCCCCCCCCC1C2C(=O)C3CC(C)CCC3C2C(CCCCCCCCCCCC)C2C(=O)C3CC(C)CCC3C12. The number of ketones is 2. The van der Waals surface area contributed by atoms with Crippen LogP contribution in [-0.2, 0) is 9.59 Å². The van der Waals surface area contributed by atoms with Gasteiger partial charge in [0.1, 0.15) is 11.6 Å². The van der Waals surface area contributed by atoms with Crippen molar-refractivity contribution in [3.63, 3.8) is 0 Å². The summed E-state index contributed by atoms with van der Waals surface area (Å²) < 4.78 is 0. The summed E-state index contributed by atoms with van der Waals surface area (Å²) in [7, 11) is 0. The Morgan fingerprint density at radius 1 is 0.438 bits per heavy atom. The van der Waals surface area contributed by atoms with Gasteiger partial charge in [-0.15, -0.1) is 0 Å². The van der Waals surface area contributed by atoms with Gasteiger partial charge in [0, 0.05) is 23.7 Å². The highest BCUT2D eigenvalue weighted by Crippen LogP contribution is 2.67. The van der Waals surface area contributed by atoms with Gasteiger partial charge in [-0.1, -0.05) is 169 Å². The first-order valence-electron chi connectivity index (χ1n) is 22.5. The van der Waals surface area contributed by atoms with E-state index in [9.17, 15) is 9.59 Å². The number of carbonyl (C=O) groups is 2. The van der Waals surface area contributed by atoms with Crippen LogP contribution in [0.3, 0.4) is 0 Å². The molecule has 12 unspecified atom stereocenters. The molecule has 2 heteroatoms. The Balaban J connectivity index is 1.26. The molecule has 0 aromatic carbocycles. The predicted molar refractivity (Wildman–Crippen MR) is 204 cm³/mol. The highest BCUT2D eigenvalue weighted by Gasteiger charge is 2.67. The van der Waals surface area contributed by atoms with Gasteiger partial charge in [0.2, 0.25) is 0 Å². The van der Waals surface area contributed by atoms with Crippen LogP contribution in [0.15, 0.2) is 0 Å². The molecular formula is C46H80O2. The second-order valence-electron chi connectivity index (χ2n) is 18.7. The zero-order valence-electron chi connectivity index (χ0n) is 32.5. The number of hydrogen-bond acceptors (Lipinski definition) is 2. The third kappa shape index (κ3) is 9.41. The van der Waals surface area contributed by atoms with Crippen LogP contribution in [-0.4, -0.2) is 11.6 Å². The fourth-order valence-corrected chi connectivity index (χ4v) is 12.9. The quantitative estimate of drug-likeness (QED) is 0.108. The summed E-state index contributed by atoms with van der Waals surface area (Å²) in [5, 5.41) is 0. The van der Waals surface area contributed by atoms with E-state index in [4.69, 9.17) is 0 Å². The van der Waals surface area contributed by atoms with Crippen LogP contribution in [0, 0.1) is 71.0 Å². The monoisotopic (exact) mass is 665 g/mol. The van der Waals surface area contributed by atoms with Gasteiger partial charge in [-0.25, -0.2) is 0 Å². The molecular weight excluding hydrogens is 585 g/mol. The van der Waals surface area contributed by atoms with Gasteiger partial charge in [0.15, 0.2) is 0 Å². The van der Waals surface area contributed by atoms with Crippen molar-refractivity contribution in [1.82, 2.24) is 0 Å². The van der Waals surface area contributed by atoms with E-state index < -0.39 is 0 Å². The van der Waals surface area contributed by atoms with E-state index in [1.54, 1.807) is 0 Å². The number of carbonyl (C=O) groups excluding carboxylic acids is 2. The minimum atomic E-state index is 0.282. The minimum Gasteiger partial charge on any atom is -0.299 e. The molecule has 48 heavy (non-hydrogen) atoms. The van der Waals surface area contributed by atoms with Crippen molar-refractivity contribution in [1.29, 1.82) is 0 Å². The topological polar surface area (TPSA) is 34.1 Å². The lowest BCUT2D eigenvalue weighted by molar-refractivity contribution is -0.136. The van der Waals surface area contributed by atoms with E-state index in [0.717, 1.165) is 12.8 Å². The van der Waals surface area contributed by atoms with E-state index in [1.807, 2.05) is 0 Å². The first-order chi connectivity index (χ1) is 23.5. The third-order valence-electron chi connectivity index (χ3n) is 15.2. The van der Waals surface area contributed by atoms with Crippen molar-refractivity contribution < 1.29 is 9.59 Å². The van der Waals surface area contributed by atoms with E-state index in [1.165, 1.54) is 167 Å². The Morgan fingerprint density at radius 2 is 0.750 bits per heavy atom. The lowest BCUT2D eigenvalue weighted by atomic mass is 9.53. The Morgan fingerprint density at radius 3 is 1.08 bits per heavy atom. The molecule has 276 valence electrons. The molecule has 2 nitrogen and oxygen atoms in total. The molecule has 0 heterocycles. The summed E-state index contributed by atoms with van der Waals surface area (Å²) in [5.74, 6) is 7.16. The van der Waals surface area contributed by atoms with Gasteiger partial charge < -0.3 is 0 Å². The molecule has 5 saturated carbocycles. The number of unbranched alkanes of at least 4 members (excludes halogenated alkanes) is 18. The minimum absolute atomic E-state index is 0.282. The summed E-state index contributed by atoms with van der Waals surface area (Å²) in [6.07, 6.45) is 37.4. The van der Waals surface area contributed by atoms with Crippen LogP contribution in [0.1, 0.15) is 207 Å². The smallest absolute Gasteiger partial charge is 0.139 e. The Labute approximate surface area is 298 Å². The summed E-state index contributed by atoms with van der Waals surface area (Å²) in [6.45, 7) is 9.42. The predicted octanol–water partition coefficient (Wildman–Crippen LogP) is 13.6.